The SMILES string of the molecule is CC(C)C1=C(C2=CC=CC2)C2=C(C=CC=C[C]2=[Ge]([CH3])[CH3])[CH]1[Hf]([Cl])[Cl]. The third-order valence-electron chi connectivity index (χ3n) is 4.84. The van der Waals surface area contributed by atoms with Crippen LogP contribution in [0.1, 0.15) is 20.3 Å². The summed E-state index contributed by atoms with van der Waals surface area (Å²) in [5.41, 5.74) is 7.36. The van der Waals surface area contributed by atoms with Crippen molar-refractivity contribution in [1.82, 2.24) is 0 Å². The number of hydrogen-bond donors (Lipinski definition) is 0. The van der Waals surface area contributed by atoms with Crippen LogP contribution in [0.25, 0.3) is 0 Å². The number of hydrogen-bond acceptors (Lipinski definition) is 0. The molecule has 0 fully saturated rings. The third-order valence-corrected chi connectivity index (χ3v) is 15.3. The molecule has 0 aliphatic heterocycles. The van der Waals surface area contributed by atoms with E-state index in [9.17, 15) is 0 Å². The summed E-state index contributed by atoms with van der Waals surface area (Å²) in [6.45, 7) is 4.60. The first-order valence-electron chi connectivity index (χ1n) is 8.48. The number of halogens is 2. The average Bonchev–Trinajstić information content (AvgIpc) is 3.07. The Kier molecular flexibility index (Phi) is 6.28. The van der Waals surface area contributed by atoms with Crippen LogP contribution >= 0.6 is 17.2 Å². The summed E-state index contributed by atoms with van der Waals surface area (Å²) in [7, 11) is 13.4. The van der Waals surface area contributed by atoms with E-state index in [1.165, 1.54) is 27.9 Å². The van der Waals surface area contributed by atoms with Crippen molar-refractivity contribution in [2.45, 2.75) is 35.5 Å². The monoisotopic (exact) mass is 587 g/mol. The van der Waals surface area contributed by atoms with Crippen molar-refractivity contribution in [2.24, 2.45) is 5.92 Å². The summed E-state index contributed by atoms with van der Waals surface area (Å²) in [5, 5.41) is 0. The molecule has 3 rings (SSSR count). The van der Waals surface area contributed by atoms with E-state index in [1.807, 2.05) is 0 Å². The zero-order valence-corrected chi connectivity index (χ0v) is 21.9. The molecule has 1 atom stereocenters. The van der Waals surface area contributed by atoms with Crippen LogP contribution in [0.2, 0.25) is 15.2 Å². The molecule has 1 unspecified atom stereocenters. The van der Waals surface area contributed by atoms with Gasteiger partial charge >= 0.3 is 166 Å². The van der Waals surface area contributed by atoms with Gasteiger partial charge in [-0.3, -0.25) is 0 Å². The fourth-order valence-corrected chi connectivity index (χ4v) is 14.5. The molecule has 0 amide bonds. The third kappa shape index (κ3) is 3.43. The molecule has 0 saturated carbocycles. The van der Waals surface area contributed by atoms with Crippen LogP contribution in [-0.4, -0.2) is 18.3 Å². The summed E-state index contributed by atoms with van der Waals surface area (Å²) in [6.07, 6.45) is 16.8. The Morgan fingerprint density at radius 1 is 1.08 bits per heavy atom. The van der Waals surface area contributed by atoms with Crippen molar-refractivity contribution >= 4 is 35.4 Å². The molecule has 24 heavy (non-hydrogen) atoms. The van der Waals surface area contributed by atoms with Crippen molar-refractivity contribution in [3.8, 4) is 0 Å². The van der Waals surface area contributed by atoms with Gasteiger partial charge in [-0.25, -0.2) is 0 Å². The van der Waals surface area contributed by atoms with Gasteiger partial charge in [0.2, 0.25) is 0 Å². The first-order chi connectivity index (χ1) is 11.4. The van der Waals surface area contributed by atoms with Crippen LogP contribution < -0.4 is 0 Å². The van der Waals surface area contributed by atoms with Crippen LogP contribution in [0.15, 0.2) is 70.4 Å². The van der Waals surface area contributed by atoms with Crippen molar-refractivity contribution in [1.29, 1.82) is 0 Å². The van der Waals surface area contributed by atoms with Gasteiger partial charge in [0.1, 0.15) is 0 Å². The van der Waals surface area contributed by atoms with E-state index in [1.54, 1.807) is 4.35 Å². The minimum atomic E-state index is -2.67. The molecule has 0 saturated heterocycles. The second kappa shape index (κ2) is 7.90. The van der Waals surface area contributed by atoms with Crippen LogP contribution in [0.3, 0.4) is 0 Å². The molecule has 3 aliphatic carbocycles. The quantitative estimate of drug-likeness (QED) is 0.333. The van der Waals surface area contributed by atoms with Gasteiger partial charge in [-0.2, -0.15) is 0 Å². The first-order valence-corrected chi connectivity index (χ1v) is 24.7. The van der Waals surface area contributed by atoms with E-state index < -0.39 is 33.0 Å². The van der Waals surface area contributed by atoms with E-state index in [-0.39, 0.29) is 0 Å². The summed E-state index contributed by atoms with van der Waals surface area (Å²) < 4.78 is 1.90. The normalized spacial score (nSPS) is 22.5. The second-order valence-corrected chi connectivity index (χ2v) is 24.7. The summed E-state index contributed by atoms with van der Waals surface area (Å²) in [4.78, 5) is 0. The van der Waals surface area contributed by atoms with E-state index >= 15 is 0 Å². The molecule has 0 nitrogen and oxygen atoms in total. The summed E-state index contributed by atoms with van der Waals surface area (Å²) in [6, 6.07) is 0. The number of allylic oxidation sites excluding steroid dienone is 12. The Balaban J connectivity index is 2.33. The molecule has 3 aliphatic rings. The van der Waals surface area contributed by atoms with Crippen molar-refractivity contribution in [3.05, 3.63) is 70.4 Å². The fourth-order valence-electron chi connectivity index (χ4n) is 3.86. The fraction of sp³-hybridized carbons (Fsp3) is 0.350. The van der Waals surface area contributed by atoms with Gasteiger partial charge in [-0.1, -0.05) is 0 Å². The van der Waals surface area contributed by atoms with Gasteiger partial charge in [-0.15, -0.1) is 0 Å². The molecule has 0 bridgehead atoms. The summed E-state index contributed by atoms with van der Waals surface area (Å²) in [5.74, 6) is 5.37. The standard InChI is InChI=1S/C20H23Ge.2ClH.Hf/c1-14(2)17-13-16-11-7-8-12-18(21(3)4)20(16)19(17)15-9-5-6-10-15;;;/h5-9,11-14H,10H2,1-4H3;2*1H;/q;;;+2/p-2. The van der Waals surface area contributed by atoms with E-state index in [2.05, 4.69) is 67.9 Å². The van der Waals surface area contributed by atoms with Crippen LogP contribution in [0.4, 0.5) is 0 Å². The molecule has 0 radical (unpaired) electrons. The first kappa shape index (κ1) is 19.1. The molecule has 0 N–H and O–H groups in total. The van der Waals surface area contributed by atoms with Crippen LogP contribution in [0.5, 0.6) is 0 Å². The Morgan fingerprint density at radius 3 is 2.33 bits per heavy atom. The Labute approximate surface area is 165 Å². The maximum atomic E-state index is 6.72. The predicted molar refractivity (Wildman–Crippen MR) is 107 cm³/mol. The Bertz CT molecular complexity index is 769. The molecule has 0 aromatic rings. The van der Waals surface area contributed by atoms with Gasteiger partial charge in [0.15, 0.2) is 0 Å². The van der Waals surface area contributed by atoms with Gasteiger partial charge in [-0.05, 0) is 0 Å². The molecule has 0 spiro atoms. The second-order valence-electron chi connectivity index (χ2n) is 6.99. The van der Waals surface area contributed by atoms with Crippen LogP contribution in [-0.2, 0) is 19.1 Å². The Morgan fingerprint density at radius 2 is 1.79 bits per heavy atom. The molecule has 0 heterocycles. The van der Waals surface area contributed by atoms with Gasteiger partial charge in [0.05, 0.1) is 0 Å². The average molecular weight is 585 g/mol. The van der Waals surface area contributed by atoms with Gasteiger partial charge < -0.3 is 0 Å². The van der Waals surface area contributed by atoms with Crippen LogP contribution in [0, 0.1) is 5.92 Å². The number of rotatable bonds is 3. The summed E-state index contributed by atoms with van der Waals surface area (Å²) >= 11 is -3.92. The minimum absolute atomic E-state index is 0.313. The van der Waals surface area contributed by atoms with Crippen molar-refractivity contribution in [2.75, 3.05) is 0 Å². The molecule has 125 valence electrons. The molecule has 0 aromatic heterocycles. The van der Waals surface area contributed by atoms with Crippen molar-refractivity contribution in [3.63, 3.8) is 0 Å². The zero-order chi connectivity index (χ0) is 17.4. The van der Waals surface area contributed by atoms with Gasteiger partial charge in [0, 0.05) is 0 Å². The maximum absolute atomic E-state index is 6.72. The molecule has 4 heteroatoms. The zero-order valence-electron chi connectivity index (χ0n) is 14.7. The molecule has 0 aromatic carbocycles. The molecular weight excluding hydrogens is 562 g/mol. The van der Waals surface area contributed by atoms with E-state index in [0.29, 0.717) is 9.59 Å². The topological polar surface area (TPSA) is 0 Å². The predicted octanol–water partition coefficient (Wildman–Crippen LogP) is 6.48. The van der Waals surface area contributed by atoms with E-state index in [0.717, 1.165) is 6.42 Å². The van der Waals surface area contributed by atoms with E-state index in [4.69, 9.17) is 17.2 Å². The Hall–Kier alpha value is 0.303. The van der Waals surface area contributed by atoms with Crippen molar-refractivity contribution < 1.29 is 19.1 Å². The van der Waals surface area contributed by atoms with Gasteiger partial charge in [0.25, 0.3) is 0 Å². The molecular formula is C20H23Cl2GeHf.